The topological polar surface area (TPSA) is 90.9 Å². The van der Waals surface area contributed by atoms with Gasteiger partial charge in [-0.15, -0.1) is 0 Å². The number of sulfonamides is 2. The zero-order valence-electron chi connectivity index (χ0n) is 13.6. The van der Waals surface area contributed by atoms with Gasteiger partial charge >= 0.3 is 0 Å². The molecule has 0 saturated carbocycles. The first kappa shape index (κ1) is 17.6. The minimum Gasteiger partial charge on any atom is -0.354 e. The van der Waals surface area contributed by atoms with E-state index < -0.39 is 20.0 Å². The van der Waals surface area contributed by atoms with Gasteiger partial charge in [0.2, 0.25) is 20.0 Å². The second-order valence-corrected chi connectivity index (χ2v) is 10.0. The Morgan fingerprint density at radius 1 is 0.875 bits per heavy atom. The maximum atomic E-state index is 12.5. The predicted molar refractivity (Wildman–Crippen MR) is 90.9 cm³/mol. The van der Waals surface area contributed by atoms with Crippen LogP contribution in [0.1, 0.15) is 12.8 Å². The van der Waals surface area contributed by atoms with E-state index in [0.717, 1.165) is 12.8 Å². The van der Waals surface area contributed by atoms with Crippen molar-refractivity contribution in [1.82, 2.24) is 13.6 Å². The molecule has 0 aromatic carbocycles. The molecule has 2 fully saturated rings. The molecule has 0 aliphatic carbocycles. The summed E-state index contributed by atoms with van der Waals surface area (Å²) in [5.41, 5.74) is 0. The van der Waals surface area contributed by atoms with Crippen LogP contribution in [0.3, 0.4) is 0 Å². The molecule has 0 bridgehead atoms. The van der Waals surface area contributed by atoms with Gasteiger partial charge in [0.1, 0.15) is 10.7 Å². The summed E-state index contributed by atoms with van der Waals surface area (Å²) in [4.78, 5) is 6.46. The van der Waals surface area contributed by atoms with Crippen molar-refractivity contribution < 1.29 is 16.8 Å². The van der Waals surface area contributed by atoms with Gasteiger partial charge in [-0.2, -0.15) is 8.61 Å². The highest BCUT2D eigenvalue weighted by Gasteiger charge is 2.28. The van der Waals surface area contributed by atoms with E-state index in [4.69, 9.17) is 0 Å². The summed E-state index contributed by atoms with van der Waals surface area (Å²) in [5.74, 6) is 0.670. The van der Waals surface area contributed by atoms with Crippen LogP contribution in [0.2, 0.25) is 0 Å². The molecule has 134 valence electrons. The van der Waals surface area contributed by atoms with E-state index in [1.165, 1.54) is 21.1 Å². The Hall–Kier alpha value is -1.23. The number of nitrogens with zero attached hydrogens (tertiary/aromatic N) is 4. The number of pyridine rings is 1. The van der Waals surface area contributed by atoms with Crippen molar-refractivity contribution >= 4 is 25.9 Å². The van der Waals surface area contributed by atoms with Crippen molar-refractivity contribution in [2.24, 2.45) is 0 Å². The molecule has 0 atom stereocenters. The minimum atomic E-state index is -3.45. The van der Waals surface area contributed by atoms with Gasteiger partial charge in [0.05, 0.1) is 6.26 Å². The van der Waals surface area contributed by atoms with Crippen molar-refractivity contribution in [3.05, 3.63) is 18.3 Å². The van der Waals surface area contributed by atoms with Crippen molar-refractivity contribution in [3.8, 4) is 0 Å². The van der Waals surface area contributed by atoms with Crippen LogP contribution in [-0.4, -0.2) is 76.0 Å². The van der Waals surface area contributed by atoms with Crippen LogP contribution < -0.4 is 4.90 Å². The summed E-state index contributed by atoms with van der Waals surface area (Å²) in [5, 5.41) is 0. The molecule has 2 aliphatic heterocycles. The molecule has 0 spiro atoms. The highest BCUT2D eigenvalue weighted by Crippen LogP contribution is 2.22. The van der Waals surface area contributed by atoms with Gasteiger partial charge < -0.3 is 4.90 Å². The molecular formula is C14H22N4O4S2. The first-order valence-electron chi connectivity index (χ1n) is 7.95. The van der Waals surface area contributed by atoms with E-state index in [1.807, 2.05) is 4.90 Å². The van der Waals surface area contributed by atoms with Gasteiger partial charge in [-0.1, -0.05) is 0 Å². The molecule has 3 rings (SSSR count). The molecule has 3 heterocycles. The number of rotatable bonds is 4. The zero-order valence-corrected chi connectivity index (χ0v) is 15.3. The number of hydrogen-bond acceptors (Lipinski definition) is 6. The van der Waals surface area contributed by atoms with Gasteiger partial charge in [0.25, 0.3) is 0 Å². The lowest BCUT2D eigenvalue weighted by Crippen LogP contribution is -2.48. The van der Waals surface area contributed by atoms with Gasteiger partial charge in [0.15, 0.2) is 0 Å². The number of anilines is 1. The predicted octanol–water partition coefficient (Wildman–Crippen LogP) is -0.0523. The van der Waals surface area contributed by atoms with Crippen molar-refractivity contribution in [3.63, 3.8) is 0 Å². The van der Waals surface area contributed by atoms with E-state index in [1.54, 1.807) is 12.1 Å². The monoisotopic (exact) mass is 374 g/mol. The largest absolute Gasteiger partial charge is 0.354 e. The summed E-state index contributed by atoms with van der Waals surface area (Å²) >= 11 is 0. The lowest BCUT2D eigenvalue weighted by Gasteiger charge is -2.34. The van der Waals surface area contributed by atoms with Crippen LogP contribution in [0.25, 0.3) is 0 Å². The highest BCUT2D eigenvalue weighted by atomic mass is 32.2. The fourth-order valence-electron chi connectivity index (χ4n) is 3.04. The molecule has 0 amide bonds. The molecule has 0 unspecified atom stereocenters. The third-order valence-corrected chi connectivity index (χ3v) is 7.64. The van der Waals surface area contributed by atoms with E-state index in [-0.39, 0.29) is 4.90 Å². The van der Waals surface area contributed by atoms with E-state index in [2.05, 4.69) is 4.98 Å². The van der Waals surface area contributed by atoms with Gasteiger partial charge in [-0.3, -0.25) is 0 Å². The molecule has 8 nitrogen and oxygen atoms in total. The Bertz CT molecular complexity index is 779. The Morgan fingerprint density at radius 2 is 1.50 bits per heavy atom. The van der Waals surface area contributed by atoms with Gasteiger partial charge in [-0.05, 0) is 25.0 Å². The van der Waals surface area contributed by atoms with Crippen molar-refractivity contribution in [2.75, 3.05) is 50.4 Å². The molecule has 2 saturated heterocycles. The highest BCUT2D eigenvalue weighted by molar-refractivity contribution is 7.89. The van der Waals surface area contributed by atoms with Crippen molar-refractivity contribution in [1.29, 1.82) is 0 Å². The van der Waals surface area contributed by atoms with Crippen LogP contribution in [0.15, 0.2) is 23.2 Å². The maximum Gasteiger partial charge on any atom is 0.244 e. The standard InChI is InChI=1S/C14H22N4O4S2/c1-23(19,20)17-10-8-16(9-11-17)14-5-4-13(12-15-14)24(21,22)18-6-2-3-7-18/h4-5,12H,2-3,6-11H2,1H3. The average molecular weight is 374 g/mol. The van der Waals surface area contributed by atoms with Crippen LogP contribution in [-0.2, 0) is 20.0 Å². The van der Waals surface area contributed by atoms with Gasteiger partial charge in [0, 0.05) is 45.5 Å². The lowest BCUT2D eigenvalue weighted by molar-refractivity contribution is 0.387. The third kappa shape index (κ3) is 3.56. The molecule has 2 aliphatic rings. The normalized spacial score (nSPS) is 21.3. The quantitative estimate of drug-likeness (QED) is 0.734. The Balaban J connectivity index is 1.69. The molecule has 10 heteroatoms. The number of aromatic nitrogens is 1. The first-order valence-corrected chi connectivity index (χ1v) is 11.2. The summed E-state index contributed by atoms with van der Waals surface area (Å²) in [6.45, 7) is 3.04. The van der Waals surface area contributed by atoms with E-state index in [0.29, 0.717) is 45.1 Å². The maximum absolute atomic E-state index is 12.5. The zero-order chi connectivity index (χ0) is 17.4. The van der Waals surface area contributed by atoms with Crippen LogP contribution in [0.5, 0.6) is 0 Å². The fraction of sp³-hybridized carbons (Fsp3) is 0.643. The van der Waals surface area contributed by atoms with E-state index >= 15 is 0 Å². The van der Waals surface area contributed by atoms with E-state index in [9.17, 15) is 16.8 Å². The minimum absolute atomic E-state index is 0.211. The summed E-state index contributed by atoms with van der Waals surface area (Å²) < 4.78 is 50.9. The fourth-order valence-corrected chi connectivity index (χ4v) is 5.33. The molecular weight excluding hydrogens is 352 g/mol. The molecule has 24 heavy (non-hydrogen) atoms. The van der Waals surface area contributed by atoms with Crippen molar-refractivity contribution in [2.45, 2.75) is 17.7 Å². The van der Waals surface area contributed by atoms with Crippen LogP contribution in [0, 0.1) is 0 Å². The average Bonchev–Trinajstić information content (AvgIpc) is 3.10. The summed E-state index contributed by atoms with van der Waals surface area (Å²) in [6, 6.07) is 3.28. The molecule has 1 aromatic rings. The van der Waals surface area contributed by atoms with Crippen LogP contribution >= 0.6 is 0 Å². The van der Waals surface area contributed by atoms with Gasteiger partial charge in [-0.25, -0.2) is 21.8 Å². The van der Waals surface area contributed by atoms with Crippen LogP contribution in [0.4, 0.5) is 5.82 Å². The third-order valence-electron chi connectivity index (χ3n) is 4.46. The second-order valence-electron chi connectivity index (χ2n) is 6.11. The Morgan fingerprint density at radius 3 is 2.00 bits per heavy atom. The number of piperazine rings is 1. The number of hydrogen-bond donors (Lipinski definition) is 0. The molecule has 0 radical (unpaired) electrons. The molecule has 0 N–H and O–H groups in total. The Labute approximate surface area is 143 Å². The first-order chi connectivity index (χ1) is 11.3. The summed E-state index contributed by atoms with van der Waals surface area (Å²) in [7, 11) is -6.62. The Kier molecular flexibility index (Phi) is 4.82. The smallest absolute Gasteiger partial charge is 0.244 e. The molecule has 1 aromatic heterocycles. The SMILES string of the molecule is CS(=O)(=O)N1CCN(c2ccc(S(=O)(=O)N3CCCC3)cn2)CC1. The second kappa shape index (κ2) is 6.58. The summed E-state index contributed by atoms with van der Waals surface area (Å²) in [6.07, 6.45) is 4.40. The lowest BCUT2D eigenvalue weighted by atomic mass is 10.3.